The number of hydrogen-bond acceptors (Lipinski definition) is 6. The van der Waals surface area contributed by atoms with E-state index in [9.17, 15) is 0 Å². The highest BCUT2D eigenvalue weighted by atomic mass is 14.8. The average Bonchev–Trinajstić information content (AvgIpc) is 0.768. The Kier molecular flexibility index (Phi) is 19.1. The van der Waals surface area contributed by atoms with Gasteiger partial charge in [0.25, 0.3) is 0 Å². The summed E-state index contributed by atoms with van der Waals surface area (Å²) in [6, 6.07) is 154. The van der Waals surface area contributed by atoms with Gasteiger partial charge in [-0.15, -0.1) is 0 Å². The van der Waals surface area contributed by atoms with E-state index in [-0.39, 0.29) is 0 Å². The van der Waals surface area contributed by atoms with Crippen molar-refractivity contribution in [3.05, 3.63) is 437 Å². The van der Waals surface area contributed by atoms with Gasteiger partial charge in [-0.3, -0.25) is 0 Å². The largest absolute Gasteiger partial charge is 0.248 e. The first-order chi connectivity index (χ1) is 56.4. The predicted molar refractivity (Wildman–Crippen MR) is 471 cm³/mol. The molecule has 0 saturated carbocycles. The highest BCUT2D eigenvalue weighted by molar-refractivity contribution is 5.89. The van der Waals surface area contributed by atoms with E-state index in [1.807, 2.05) is 18.2 Å². The Morgan fingerprint density at radius 3 is 0.333 bits per heavy atom. The maximum absolute atomic E-state index is 5.67. The molecule has 0 saturated heterocycles. The molecule has 13 aromatic carbocycles. The topological polar surface area (TPSA) is 77.3 Å². The van der Waals surface area contributed by atoms with Gasteiger partial charge in [-0.25, -0.2) is 29.9 Å². The fourth-order valence-corrected chi connectivity index (χ4v) is 15.1. The van der Waals surface area contributed by atoms with Gasteiger partial charge in [0.2, 0.25) is 0 Å². The van der Waals surface area contributed by atoms with Gasteiger partial charge >= 0.3 is 0 Å². The van der Waals surface area contributed by atoms with E-state index in [1.54, 1.807) is 0 Å². The van der Waals surface area contributed by atoms with Crippen LogP contribution in [-0.2, 0) is 0 Å². The summed E-state index contributed by atoms with van der Waals surface area (Å²) in [6.07, 6.45) is 0. The zero-order valence-corrected chi connectivity index (χ0v) is 62.3. The van der Waals surface area contributed by atoms with Crippen LogP contribution in [0.4, 0.5) is 0 Å². The smallest absolute Gasteiger partial charge is 0.0716 e. The van der Waals surface area contributed by atoms with Crippen LogP contribution in [0.15, 0.2) is 437 Å². The highest BCUT2D eigenvalue weighted by Gasteiger charge is 2.21. The zero-order chi connectivity index (χ0) is 75.9. The van der Waals surface area contributed by atoms with Crippen LogP contribution in [0.25, 0.3) is 202 Å². The van der Waals surface area contributed by atoms with E-state index in [0.29, 0.717) is 0 Å². The SMILES string of the molecule is c1ccc(-c2cc(-c3ccccc3)nc(-c3ccc(-c4cc(-c5ccccc5)nc(-c5cc(-c6cc(-c7ccc(-c8cc(-c9ccccc9)cc(-c9ccccc9)n8)cc7)cc(-c7ccccc7)n6)cc(-c6cc(-c7ccc(-c8cc(-c9ccccc9)cc(-c9ccccc9)n8)cc7)cc(-c7ccccc7)n6)c5)c4)cc3)c2)cc1. The van der Waals surface area contributed by atoms with Crippen molar-refractivity contribution in [3.63, 3.8) is 0 Å². The molecule has 0 N–H and O–H groups in total. The molecule has 6 heteroatoms. The summed E-state index contributed by atoms with van der Waals surface area (Å²) in [5, 5.41) is 0. The molecule has 0 radical (unpaired) electrons. The lowest BCUT2D eigenvalue weighted by molar-refractivity contribution is 1.29. The Morgan fingerprint density at radius 1 is 0.0789 bits per heavy atom. The minimum absolute atomic E-state index is 0.786. The number of rotatable bonds is 18. The number of pyridine rings is 6. The number of hydrogen-bond donors (Lipinski definition) is 0. The molecule has 0 fully saturated rings. The molecule has 0 unspecified atom stereocenters. The van der Waals surface area contributed by atoms with Gasteiger partial charge in [-0.2, -0.15) is 0 Å². The maximum atomic E-state index is 5.67. The third-order valence-corrected chi connectivity index (χ3v) is 21.1. The molecular formula is C108H72N6. The Labute approximate surface area is 664 Å². The lowest BCUT2D eigenvalue weighted by Gasteiger charge is -2.16. The van der Waals surface area contributed by atoms with E-state index < -0.39 is 0 Å². The van der Waals surface area contributed by atoms with Gasteiger partial charge < -0.3 is 0 Å². The lowest BCUT2D eigenvalue weighted by atomic mass is 9.93. The van der Waals surface area contributed by atoms with E-state index in [1.165, 1.54) is 0 Å². The van der Waals surface area contributed by atoms with Crippen molar-refractivity contribution in [3.8, 4) is 202 Å². The van der Waals surface area contributed by atoms with E-state index in [0.717, 1.165) is 202 Å². The fraction of sp³-hybridized carbons (Fsp3) is 0. The quantitative estimate of drug-likeness (QED) is 0.0852. The van der Waals surface area contributed by atoms with E-state index >= 15 is 0 Å². The molecule has 19 rings (SSSR count). The van der Waals surface area contributed by atoms with Crippen LogP contribution in [0, 0.1) is 0 Å². The third-order valence-electron chi connectivity index (χ3n) is 21.1. The molecule has 0 aliphatic heterocycles. The minimum atomic E-state index is 0.786. The second kappa shape index (κ2) is 31.4. The first-order valence-electron chi connectivity index (χ1n) is 38.5. The van der Waals surface area contributed by atoms with Crippen LogP contribution >= 0.6 is 0 Å². The molecule has 6 heterocycles. The summed E-state index contributed by atoms with van der Waals surface area (Å²) in [5.74, 6) is 0. The first-order valence-corrected chi connectivity index (χ1v) is 38.5. The average molecular weight is 1450 g/mol. The van der Waals surface area contributed by atoms with Gasteiger partial charge in [0.15, 0.2) is 0 Å². The van der Waals surface area contributed by atoms with Gasteiger partial charge in [0.1, 0.15) is 0 Å². The Bertz CT molecular complexity index is 5780. The summed E-state index contributed by atoms with van der Waals surface area (Å²) in [4.78, 5) is 33.0. The molecule has 6 nitrogen and oxygen atoms in total. The predicted octanol–water partition coefficient (Wildman–Crippen LogP) is 28.1. The van der Waals surface area contributed by atoms with E-state index in [4.69, 9.17) is 29.9 Å². The number of nitrogens with zero attached hydrogens (tertiary/aromatic N) is 6. The van der Waals surface area contributed by atoms with Crippen molar-refractivity contribution in [1.82, 2.24) is 29.9 Å². The fourth-order valence-electron chi connectivity index (χ4n) is 15.1. The molecular weight excluding hydrogens is 1380 g/mol. The van der Waals surface area contributed by atoms with E-state index in [2.05, 4.69) is 419 Å². The standard InChI is InChI=1S/C108H72N6/c1-10-28-73(29-11-1)88-61-97(79-34-16-4-17-35-79)109-103(64-88)85-52-46-76(47-53-85)91-67-100(82-40-22-7-23-41-82)112-106(70-91)94-58-95(107-71-92(68-101(113-107)83-42-24-8-25-43-83)77-48-54-86(55-49-77)104-65-89(74-30-12-2-13-31-74)62-98(110-104)80-36-18-5-19-37-80)60-96(59-94)108-72-93(69-102(114-108)84-44-26-9-27-45-84)78-50-56-87(57-51-78)105-66-90(75-32-14-3-15-33-75)63-99(111-105)81-38-20-6-21-39-81/h1-72H. The molecule has 0 aliphatic rings. The second-order valence-corrected chi connectivity index (χ2v) is 28.6. The van der Waals surface area contributed by atoms with Crippen molar-refractivity contribution in [2.45, 2.75) is 0 Å². The van der Waals surface area contributed by atoms with Crippen LogP contribution in [-0.4, -0.2) is 29.9 Å². The van der Waals surface area contributed by atoms with Crippen LogP contribution in [0.3, 0.4) is 0 Å². The Hall–Kier alpha value is -15.2. The van der Waals surface area contributed by atoms with Crippen molar-refractivity contribution < 1.29 is 0 Å². The number of benzene rings is 13. The van der Waals surface area contributed by atoms with Gasteiger partial charge in [-0.05, 0) is 158 Å². The van der Waals surface area contributed by atoms with Gasteiger partial charge in [0.05, 0.1) is 68.3 Å². The molecule has 0 spiro atoms. The van der Waals surface area contributed by atoms with Crippen LogP contribution in [0.2, 0.25) is 0 Å². The summed E-state index contributed by atoms with van der Waals surface area (Å²) in [7, 11) is 0. The second-order valence-electron chi connectivity index (χ2n) is 28.6. The van der Waals surface area contributed by atoms with Crippen molar-refractivity contribution >= 4 is 0 Å². The first kappa shape index (κ1) is 69.2. The summed E-state index contributed by atoms with van der Waals surface area (Å²) < 4.78 is 0. The normalized spacial score (nSPS) is 11.2. The van der Waals surface area contributed by atoms with Crippen LogP contribution < -0.4 is 0 Å². The Morgan fingerprint density at radius 2 is 0.184 bits per heavy atom. The summed E-state index contributed by atoms with van der Waals surface area (Å²) in [5.41, 5.74) is 35.0. The summed E-state index contributed by atoms with van der Waals surface area (Å²) >= 11 is 0. The van der Waals surface area contributed by atoms with Crippen LogP contribution in [0.5, 0.6) is 0 Å². The van der Waals surface area contributed by atoms with Gasteiger partial charge in [-0.1, -0.05) is 346 Å². The number of aromatic nitrogens is 6. The molecule has 0 aliphatic carbocycles. The molecule has 19 aromatic rings. The molecule has 0 bridgehead atoms. The lowest BCUT2D eigenvalue weighted by Crippen LogP contribution is -1.96. The van der Waals surface area contributed by atoms with Gasteiger partial charge in [0, 0.05) is 66.8 Å². The van der Waals surface area contributed by atoms with Crippen molar-refractivity contribution in [1.29, 1.82) is 0 Å². The zero-order valence-electron chi connectivity index (χ0n) is 62.3. The maximum Gasteiger partial charge on any atom is 0.0716 e. The van der Waals surface area contributed by atoms with Crippen LogP contribution in [0.1, 0.15) is 0 Å². The molecule has 534 valence electrons. The van der Waals surface area contributed by atoms with Crippen molar-refractivity contribution in [2.75, 3.05) is 0 Å². The molecule has 114 heavy (non-hydrogen) atoms. The minimum Gasteiger partial charge on any atom is -0.248 e. The van der Waals surface area contributed by atoms with Crippen molar-refractivity contribution in [2.24, 2.45) is 0 Å². The molecule has 6 aromatic heterocycles. The highest BCUT2D eigenvalue weighted by Crippen LogP contribution is 2.42. The molecule has 0 amide bonds. The Balaban J connectivity index is 0.773. The third kappa shape index (κ3) is 15.1. The monoisotopic (exact) mass is 1450 g/mol. The summed E-state index contributed by atoms with van der Waals surface area (Å²) in [6.45, 7) is 0. The molecule has 0 atom stereocenters.